The van der Waals surface area contributed by atoms with Crippen molar-refractivity contribution in [2.24, 2.45) is 0 Å². The molecular weight excluding hydrogens is 186 g/mol. The van der Waals surface area contributed by atoms with Gasteiger partial charge in [0.05, 0.1) is 6.67 Å². The van der Waals surface area contributed by atoms with Crippen molar-refractivity contribution in [3.63, 3.8) is 0 Å². The van der Waals surface area contributed by atoms with Gasteiger partial charge < -0.3 is 5.32 Å². The minimum atomic E-state index is 0.918. The fraction of sp³-hybridized carbons (Fsp3) is 0.417. The number of likely N-dealkylation sites (N-methyl/N-ethyl adjacent to an activating group) is 1. The van der Waals surface area contributed by atoms with Gasteiger partial charge in [0, 0.05) is 30.7 Å². The van der Waals surface area contributed by atoms with Gasteiger partial charge in [0.15, 0.2) is 0 Å². The first kappa shape index (κ1) is 10.2. The van der Waals surface area contributed by atoms with E-state index in [0.29, 0.717) is 0 Å². The first-order valence-corrected chi connectivity index (χ1v) is 5.21. The molecule has 1 aliphatic heterocycles. The number of aromatic nitrogens is 1. The summed E-state index contributed by atoms with van der Waals surface area (Å²) in [6.45, 7) is 6.16. The van der Waals surface area contributed by atoms with Gasteiger partial charge in [-0.3, -0.25) is 9.88 Å². The molecule has 0 fully saturated rings. The van der Waals surface area contributed by atoms with E-state index in [1.54, 1.807) is 0 Å². The summed E-state index contributed by atoms with van der Waals surface area (Å²) in [7, 11) is 2.11. The zero-order chi connectivity index (χ0) is 10.8. The molecule has 2 heterocycles. The highest BCUT2D eigenvalue weighted by molar-refractivity contribution is 5.69. The lowest BCUT2D eigenvalue weighted by molar-refractivity contribution is 0.349. The Kier molecular flexibility index (Phi) is 2.73. The van der Waals surface area contributed by atoms with E-state index in [0.717, 1.165) is 13.2 Å². The normalized spacial score (nSPS) is 17.1. The van der Waals surface area contributed by atoms with Crippen molar-refractivity contribution in [1.82, 2.24) is 15.2 Å². The zero-order valence-electron chi connectivity index (χ0n) is 9.54. The molecule has 3 heteroatoms. The number of hydrogen-bond acceptors (Lipinski definition) is 3. The summed E-state index contributed by atoms with van der Waals surface area (Å²) in [4.78, 5) is 6.51. The Morgan fingerprint density at radius 2 is 2.13 bits per heavy atom. The van der Waals surface area contributed by atoms with Gasteiger partial charge in [0.1, 0.15) is 0 Å². The highest BCUT2D eigenvalue weighted by Crippen LogP contribution is 2.21. The summed E-state index contributed by atoms with van der Waals surface area (Å²) in [5.41, 5.74) is 5.15. The Bertz CT molecular complexity index is 396. The van der Waals surface area contributed by atoms with Crippen LogP contribution in [-0.2, 0) is 0 Å². The molecule has 1 aromatic heterocycles. The average molecular weight is 203 g/mol. The molecule has 0 aromatic carbocycles. The van der Waals surface area contributed by atoms with Crippen LogP contribution in [0, 0.1) is 13.8 Å². The predicted molar refractivity (Wildman–Crippen MR) is 62.3 cm³/mol. The monoisotopic (exact) mass is 203 g/mol. The van der Waals surface area contributed by atoms with Gasteiger partial charge >= 0.3 is 0 Å². The van der Waals surface area contributed by atoms with E-state index >= 15 is 0 Å². The molecule has 0 saturated heterocycles. The summed E-state index contributed by atoms with van der Waals surface area (Å²) < 4.78 is 0. The zero-order valence-corrected chi connectivity index (χ0v) is 9.54. The molecule has 0 amide bonds. The third-order valence-corrected chi connectivity index (χ3v) is 2.89. The average Bonchev–Trinajstić information content (AvgIpc) is 2.22. The van der Waals surface area contributed by atoms with Crippen molar-refractivity contribution in [3.8, 4) is 0 Å². The van der Waals surface area contributed by atoms with Crippen LogP contribution in [0.3, 0.4) is 0 Å². The van der Waals surface area contributed by atoms with E-state index in [9.17, 15) is 0 Å². The van der Waals surface area contributed by atoms with Gasteiger partial charge in [-0.05, 0) is 37.6 Å². The van der Waals surface area contributed by atoms with Crippen molar-refractivity contribution < 1.29 is 0 Å². The smallest absolute Gasteiger partial charge is 0.0673 e. The first-order valence-electron chi connectivity index (χ1n) is 5.21. The van der Waals surface area contributed by atoms with Crippen LogP contribution >= 0.6 is 0 Å². The second-order valence-corrected chi connectivity index (χ2v) is 4.17. The highest BCUT2D eigenvalue weighted by atomic mass is 15.2. The number of aryl methyl sites for hydroxylation is 1. The molecule has 3 nitrogen and oxygen atoms in total. The van der Waals surface area contributed by atoms with Crippen molar-refractivity contribution in [1.29, 1.82) is 0 Å². The molecule has 1 N–H and O–H groups in total. The maximum absolute atomic E-state index is 4.26. The van der Waals surface area contributed by atoms with Crippen molar-refractivity contribution in [2.45, 2.75) is 13.8 Å². The van der Waals surface area contributed by atoms with Crippen LogP contribution in [0.15, 0.2) is 18.6 Å². The largest absolute Gasteiger partial charge is 0.378 e. The molecule has 0 saturated carbocycles. The molecular formula is C12H17N3. The van der Waals surface area contributed by atoms with E-state index in [1.807, 2.05) is 12.4 Å². The van der Waals surface area contributed by atoms with Gasteiger partial charge in [-0.1, -0.05) is 0 Å². The molecule has 1 aromatic rings. The number of rotatable bonds is 1. The van der Waals surface area contributed by atoms with E-state index in [4.69, 9.17) is 0 Å². The van der Waals surface area contributed by atoms with Gasteiger partial charge in [-0.15, -0.1) is 0 Å². The molecule has 2 rings (SSSR count). The Morgan fingerprint density at radius 3 is 2.87 bits per heavy atom. The first-order chi connectivity index (χ1) is 7.18. The molecule has 80 valence electrons. The quantitative estimate of drug-likeness (QED) is 0.750. The van der Waals surface area contributed by atoms with Crippen LogP contribution < -0.4 is 5.32 Å². The minimum absolute atomic E-state index is 0.918. The van der Waals surface area contributed by atoms with Crippen LogP contribution in [0.5, 0.6) is 0 Å². The topological polar surface area (TPSA) is 28.2 Å². The van der Waals surface area contributed by atoms with Crippen molar-refractivity contribution in [3.05, 3.63) is 35.3 Å². The van der Waals surface area contributed by atoms with Gasteiger partial charge in [-0.25, -0.2) is 0 Å². The van der Waals surface area contributed by atoms with Gasteiger partial charge in [-0.2, -0.15) is 0 Å². The molecule has 1 aliphatic rings. The molecule has 0 atom stereocenters. The van der Waals surface area contributed by atoms with Crippen LogP contribution in [0.2, 0.25) is 0 Å². The number of pyridine rings is 1. The Hall–Kier alpha value is -1.35. The molecule has 0 radical (unpaired) electrons. The SMILES string of the molecule is Cc1cncc(C2=CNCN(C)C2)c1C. The van der Waals surface area contributed by atoms with Crippen LogP contribution in [0.1, 0.15) is 16.7 Å². The third kappa shape index (κ3) is 2.02. The highest BCUT2D eigenvalue weighted by Gasteiger charge is 2.12. The summed E-state index contributed by atoms with van der Waals surface area (Å²) in [6.07, 6.45) is 5.97. The maximum Gasteiger partial charge on any atom is 0.0673 e. The van der Waals surface area contributed by atoms with Crippen LogP contribution in [0.4, 0.5) is 0 Å². The molecule has 0 aliphatic carbocycles. The lowest BCUT2D eigenvalue weighted by atomic mass is 10.00. The maximum atomic E-state index is 4.26. The third-order valence-electron chi connectivity index (χ3n) is 2.89. The van der Waals surface area contributed by atoms with Crippen LogP contribution in [-0.4, -0.2) is 30.1 Å². The van der Waals surface area contributed by atoms with Crippen molar-refractivity contribution in [2.75, 3.05) is 20.3 Å². The van der Waals surface area contributed by atoms with Gasteiger partial charge in [0.25, 0.3) is 0 Å². The standard InChI is InChI=1S/C12H17N3/c1-9-4-13-6-12(10(9)2)11-5-14-8-15(3)7-11/h4-6,14H,7-8H2,1-3H3. The van der Waals surface area contributed by atoms with Gasteiger partial charge in [0.2, 0.25) is 0 Å². The van der Waals surface area contributed by atoms with E-state index in [-0.39, 0.29) is 0 Å². The predicted octanol–water partition coefficient (Wildman–Crippen LogP) is 1.53. The van der Waals surface area contributed by atoms with E-state index < -0.39 is 0 Å². The Morgan fingerprint density at radius 1 is 1.33 bits per heavy atom. The molecule has 0 spiro atoms. The summed E-state index contributed by atoms with van der Waals surface area (Å²) in [5.74, 6) is 0. The lowest BCUT2D eigenvalue weighted by Gasteiger charge is -2.25. The Labute approximate surface area is 90.8 Å². The number of hydrogen-bond donors (Lipinski definition) is 1. The molecule has 15 heavy (non-hydrogen) atoms. The summed E-state index contributed by atoms with van der Waals surface area (Å²) in [6, 6.07) is 0. The fourth-order valence-corrected chi connectivity index (χ4v) is 1.83. The fourth-order valence-electron chi connectivity index (χ4n) is 1.83. The lowest BCUT2D eigenvalue weighted by Crippen LogP contribution is -2.34. The number of nitrogens with zero attached hydrogens (tertiary/aromatic N) is 2. The Balaban J connectivity index is 2.37. The second kappa shape index (κ2) is 4.03. The summed E-state index contributed by atoms with van der Waals surface area (Å²) >= 11 is 0. The summed E-state index contributed by atoms with van der Waals surface area (Å²) in [5, 5.41) is 3.27. The molecule has 0 unspecified atom stereocenters. The van der Waals surface area contributed by atoms with Crippen molar-refractivity contribution >= 4 is 5.57 Å². The van der Waals surface area contributed by atoms with E-state index in [2.05, 4.69) is 42.3 Å². The molecule has 0 bridgehead atoms. The second-order valence-electron chi connectivity index (χ2n) is 4.17. The number of nitrogens with one attached hydrogen (secondary N) is 1. The van der Waals surface area contributed by atoms with Crippen LogP contribution in [0.25, 0.3) is 5.57 Å². The van der Waals surface area contributed by atoms with E-state index in [1.165, 1.54) is 22.3 Å². The minimum Gasteiger partial charge on any atom is -0.378 e.